The third kappa shape index (κ3) is 4.41. The van der Waals surface area contributed by atoms with Crippen molar-refractivity contribution in [2.45, 2.75) is 6.54 Å². The fraction of sp³-hybridized carbons (Fsp3) is 0.0435. The van der Waals surface area contributed by atoms with Crippen LogP contribution >= 0.6 is 34.5 Å². The predicted molar refractivity (Wildman–Crippen MR) is 135 cm³/mol. The number of carbonyl (C=O) groups excluding carboxylic acids is 1. The van der Waals surface area contributed by atoms with E-state index >= 15 is 0 Å². The number of nitrogen functional groups attached to an aromatic ring is 1. The summed E-state index contributed by atoms with van der Waals surface area (Å²) in [4.78, 5) is 26.0. The van der Waals surface area contributed by atoms with Crippen molar-refractivity contribution in [1.29, 1.82) is 0 Å². The maximum absolute atomic E-state index is 12.9. The van der Waals surface area contributed by atoms with E-state index in [1.165, 1.54) is 11.3 Å². The number of thiophene rings is 1. The Kier molecular flexibility index (Phi) is 5.72. The number of benzene rings is 2. The zero-order chi connectivity index (χ0) is 22.9. The molecule has 0 fully saturated rings. The molecule has 0 unspecified atom stereocenters. The van der Waals surface area contributed by atoms with Gasteiger partial charge in [0.15, 0.2) is 0 Å². The number of hydrogen-bond donors (Lipinski definition) is 3. The first-order chi connectivity index (χ1) is 16.0. The minimum absolute atomic E-state index is 0.0130. The van der Waals surface area contributed by atoms with E-state index in [2.05, 4.69) is 25.6 Å². The lowest BCUT2D eigenvalue weighted by atomic mass is 10.1. The number of amides is 1. The lowest BCUT2D eigenvalue weighted by Crippen LogP contribution is -2.18. The molecule has 3 heterocycles. The molecule has 5 aromatic rings. The molecule has 0 radical (unpaired) electrons. The number of nitrogens with zero attached hydrogens (tertiary/aromatic N) is 3. The zero-order valence-corrected chi connectivity index (χ0v) is 19.3. The number of anilines is 3. The number of halogens is 2. The third-order valence-corrected chi connectivity index (χ3v) is 6.45. The van der Waals surface area contributed by atoms with E-state index in [4.69, 9.17) is 28.9 Å². The first-order valence-electron chi connectivity index (χ1n) is 9.87. The van der Waals surface area contributed by atoms with E-state index in [-0.39, 0.29) is 11.6 Å². The first-order valence-corrected chi connectivity index (χ1v) is 11.5. The van der Waals surface area contributed by atoms with Gasteiger partial charge in [-0.1, -0.05) is 47.5 Å². The van der Waals surface area contributed by atoms with Gasteiger partial charge < -0.3 is 16.4 Å². The summed E-state index contributed by atoms with van der Waals surface area (Å²) in [7, 11) is 0. The molecule has 10 heteroatoms. The number of nitrogens with one attached hydrogen (secondary N) is 2. The maximum Gasteiger partial charge on any atom is 0.294 e. The lowest BCUT2D eigenvalue weighted by molar-refractivity contribution is 0.101. The van der Waals surface area contributed by atoms with Crippen LogP contribution in [0.4, 0.5) is 17.3 Å². The minimum Gasteiger partial charge on any atom is -0.382 e. The highest BCUT2D eigenvalue weighted by Crippen LogP contribution is 2.28. The topological polar surface area (TPSA) is 106 Å². The van der Waals surface area contributed by atoms with Gasteiger partial charge in [-0.2, -0.15) is 0 Å². The summed E-state index contributed by atoms with van der Waals surface area (Å²) in [5, 5.41) is 10.9. The number of aromatic nitrogens is 3. The quantitative estimate of drug-likeness (QED) is 0.277. The Hall–Kier alpha value is -3.46. The van der Waals surface area contributed by atoms with Gasteiger partial charge in [0, 0.05) is 10.4 Å². The number of rotatable bonds is 5. The van der Waals surface area contributed by atoms with Crippen LogP contribution in [0.3, 0.4) is 0 Å². The highest BCUT2D eigenvalue weighted by molar-refractivity contribution is 7.17. The van der Waals surface area contributed by atoms with Gasteiger partial charge in [-0.05, 0) is 41.1 Å². The average Bonchev–Trinajstić information content (AvgIpc) is 3.28. The molecule has 7 nitrogen and oxygen atoms in total. The van der Waals surface area contributed by atoms with E-state index in [0.717, 1.165) is 26.9 Å². The van der Waals surface area contributed by atoms with Gasteiger partial charge in [-0.25, -0.2) is 15.0 Å². The Labute approximate surface area is 202 Å². The third-order valence-electron chi connectivity index (χ3n) is 4.97. The Morgan fingerprint density at radius 2 is 1.88 bits per heavy atom. The molecular formula is C23H16Cl2N6OS. The Balaban J connectivity index is 1.45. The fourth-order valence-corrected chi connectivity index (χ4v) is 4.65. The molecule has 2 aromatic carbocycles. The first kappa shape index (κ1) is 21.4. The molecule has 5 rings (SSSR count). The average molecular weight is 495 g/mol. The minimum atomic E-state index is -0.489. The fourth-order valence-electron chi connectivity index (χ4n) is 3.44. The van der Waals surface area contributed by atoms with Crippen LogP contribution in [0.1, 0.15) is 16.3 Å². The summed E-state index contributed by atoms with van der Waals surface area (Å²) in [6.07, 6.45) is 0. The molecule has 0 saturated heterocycles. The molecule has 0 bridgehead atoms. The second kappa shape index (κ2) is 8.82. The smallest absolute Gasteiger partial charge is 0.294 e. The Morgan fingerprint density at radius 1 is 1.03 bits per heavy atom. The zero-order valence-electron chi connectivity index (χ0n) is 17.0. The van der Waals surface area contributed by atoms with Gasteiger partial charge in [-0.3, -0.25) is 4.79 Å². The molecule has 4 N–H and O–H groups in total. The van der Waals surface area contributed by atoms with Crippen LogP contribution in [0.5, 0.6) is 0 Å². The Bertz CT molecular complexity index is 1520. The van der Waals surface area contributed by atoms with Crippen molar-refractivity contribution in [3.05, 3.63) is 81.5 Å². The standard InChI is InChI=1S/C23H16Cl2N6OS/c24-13-5-6-16(15(25)10-13)27-11-18-14-4-2-1-3-12(14)9-19(28-18)30-23(32)22-29-17-7-8-33-20(17)21(26)31-22/h1-10,27H,11H2,(H2,26,29,31)(H,28,30,32). The summed E-state index contributed by atoms with van der Waals surface area (Å²) in [6.45, 7) is 0.385. The summed E-state index contributed by atoms with van der Waals surface area (Å²) in [5.41, 5.74) is 8.09. The molecule has 33 heavy (non-hydrogen) atoms. The van der Waals surface area contributed by atoms with E-state index in [0.29, 0.717) is 27.9 Å². The van der Waals surface area contributed by atoms with Gasteiger partial charge in [0.1, 0.15) is 11.6 Å². The molecule has 0 aliphatic carbocycles. The number of fused-ring (bicyclic) bond motifs is 2. The van der Waals surface area contributed by atoms with Gasteiger partial charge in [0.05, 0.1) is 33.2 Å². The van der Waals surface area contributed by atoms with Crippen molar-refractivity contribution in [2.75, 3.05) is 16.4 Å². The largest absolute Gasteiger partial charge is 0.382 e. The van der Waals surface area contributed by atoms with E-state index in [1.54, 1.807) is 30.3 Å². The highest BCUT2D eigenvalue weighted by Gasteiger charge is 2.16. The Morgan fingerprint density at radius 3 is 2.73 bits per heavy atom. The van der Waals surface area contributed by atoms with Crippen molar-refractivity contribution in [1.82, 2.24) is 15.0 Å². The van der Waals surface area contributed by atoms with E-state index < -0.39 is 5.91 Å². The summed E-state index contributed by atoms with van der Waals surface area (Å²) in [6, 6.07) is 16.6. The van der Waals surface area contributed by atoms with Crippen LogP contribution < -0.4 is 16.4 Å². The van der Waals surface area contributed by atoms with Crippen LogP contribution in [0.25, 0.3) is 21.0 Å². The van der Waals surface area contributed by atoms with Gasteiger partial charge in [0.2, 0.25) is 5.82 Å². The molecule has 0 aliphatic rings. The van der Waals surface area contributed by atoms with E-state index in [1.807, 2.05) is 29.6 Å². The summed E-state index contributed by atoms with van der Waals surface area (Å²) >= 11 is 13.7. The number of nitrogens with two attached hydrogens (primary N) is 1. The number of pyridine rings is 1. The summed E-state index contributed by atoms with van der Waals surface area (Å²) in [5.74, 6) is 0.153. The van der Waals surface area contributed by atoms with Crippen LogP contribution in [0.2, 0.25) is 10.0 Å². The van der Waals surface area contributed by atoms with Crippen molar-refractivity contribution < 1.29 is 4.79 Å². The van der Waals surface area contributed by atoms with Crippen LogP contribution in [0, 0.1) is 0 Å². The van der Waals surface area contributed by atoms with Crippen LogP contribution in [-0.4, -0.2) is 20.9 Å². The van der Waals surface area contributed by atoms with Crippen molar-refractivity contribution in [3.63, 3.8) is 0 Å². The SMILES string of the molecule is Nc1nc(C(=O)Nc2cc3ccccc3c(CNc3ccc(Cl)cc3Cl)n2)nc2ccsc12. The molecule has 0 saturated carbocycles. The predicted octanol–water partition coefficient (Wildman–Crippen LogP) is 5.99. The molecule has 1 amide bonds. The normalized spacial score (nSPS) is 11.1. The second-order valence-electron chi connectivity index (χ2n) is 7.17. The van der Waals surface area contributed by atoms with Crippen molar-refractivity contribution in [3.8, 4) is 0 Å². The number of carbonyl (C=O) groups is 1. The van der Waals surface area contributed by atoms with Gasteiger partial charge in [0.25, 0.3) is 5.91 Å². The molecule has 0 aliphatic heterocycles. The van der Waals surface area contributed by atoms with Gasteiger partial charge in [-0.15, -0.1) is 11.3 Å². The lowest BCUT2D eigenvalue weighted by Gasteiger charge is -2.13. The molecule has 0 atom stereocenters. The van der Waals surface area contributed by atoms with E-state index in [9.17, 15) is 4.79 Å². The van der Waals surface area contributed by atoms with Crippen molar-refractivity contribution >= 4 is 78.8 Å². The van der Waals surface area contributed by atoms with Crippen LogP contribution in [0.15, 0.2) is 60.0 Å². The monoisotopic (exact) mass is 494 g/mol. The van der Waals surface area contributed by atoms with Gasteiger partial charge >= 0.3 is 0 Å². The van der Waals surface area contributed by atoms with Crippen molar-refractivity contribution in [2.24, 2.45) is 0 Å². The second-order valence-corrected chi connectivity index (χ2v) is 8.93. The number of hydrogen-bond acceptors (Lipinski definition) is 7. The summed E-state index contributed by atoms with van der Waals surface area (Å²) < 4.78 is 0.754. The maximum atomic E-state index is 12.9. The molecule has 3 aromatic heterocycles. The molecule has 164 valence electrons. The molecule has 0 spiro atoms. The molecular weight excluding hydrogens is 479 g/mol. The highest BCUT2D eigenvalue weighted by atomic mass is 35.5. The van der Waals surface area contributed by atoms with Crippen LogP contribution in [-0.2, 0) is 6.54 Å².